The van der Waals surface area contributed by atoms with E-state index in [1.165, 1.54) is 103 Å². The lowest BCUT2D eigenvalue weighted by molar-refractivity contribution is -0.417. The molecule has 0 aliphatic rings. The van der Waals surface area contributed by atoms with E-state index in [1.54, 1.807) is 0 Å². The van der Waals surface area contributed by atoms with Gasteiger partial charge in [0.1, 0.15) is 5.60 Å². The molecule has 1 rings (SSSR count). The van der Waals surface area contributed by atoms with Crippen molar-refractivity contribution in [2.45, 2.75) is 228 Å². The molecule has 0 aliphatic carbocycles. The van der Waals surface area contributed by atoms with Crippen molar-refractivity contribution in [1.29, 1.82) is 0 Å². The lowest BCUT2D eigenvalue weighted by Crippen LogP contribution is -2.36. The SMILES string of the molecule is CCCCCCCCCCCCCCCCCCCCC(=O)c1cc(C(CC)(CC)OOC(C)(C)CC(C)(C)C)ccc1C(C)C. The number of benzene rings is 1. The van der Waals surface area contributed by atoms with Crippen LogP contribution in [0.4, 0.5) is 0 Å². The first-order valence-corrected chi connectivity index (χ1v) is 19.8. The fourth-order valence-corrected chi connectivity index (χ4v) is 7.23. The van der Waals surface area contributed by atoms with Crippen LogP contribution >= 0.6 is 0 Å². The second-order valence-electron chi connectivity index (χ2n) is 16.5. The molecule has 0 aliphatic heterocycles. The molecule has 3 heteroatoms. The summed E-state index contributed by atoms with van der Waals surface area (Å²) >= 11 is 0. The average molecular weight is 643 g/mol. The van der Waals surface area contributed by atoms with Gasteiger partial charge in [0, 0.05) is 12.0 Å². The summed E-state index contributed by atoms with van der Waals surface area (Å²) in [4.78, 5) is 26.1. The maximum absolute atomic E-state index is 13.6. The summed E-state index contributed by atoms with van der Waals surface area (Å²) in [5.74, 6) is 0.575. The Bertz CT molecular complexity index is 918. The van der Waals surface area contributed by atoms with Crippen LogP contribution in [0.25, 0.3) is 0 Å². The Kier molecular flexibility index (Phi) is 21.6. The highest BCUT2D eigenvalue weighted by Gasteiger charge is 2.36. The van der Waals surface area contributed by atoms with Crippen molar-refractivity contribution < 1.29 is 14.6 Å². The van der Waals surface area contributed by atoms with Crippen molar-refractivity contribution in [1.82, 2.24) is 0 Å². The van der Waals surface area contributed by atoms with Gasteiger partial charge in [0.15, 0.2) is 5.78 Å². The van der Waals surface area contributed by atoms with Crippen molar-refractivity contribution in [3.63, 3.8) is 0 Å². The van der Waals surface area contributed by atoms with Gasteiger partial charge >= 0.3 is 0 Å². The Hall–Kier alpha value is -1.19. The normalized spacial score (nSPS) is 12.8. The molecule has 0 atom stereocenters. The van der Waals surface area contributed by atoms with Crippen LogP contribution in [0.1, 0.15) is 238 Å². The highest BCUT2D eigenvalue weighted by atomic mass is 17.2. The van der Waals surface area contributed by atoms with Crippen LogP contribution in [0.3, 0.4) is 0 Å². The molecule has 0 amide bonds. The third-order valence-electron chi connectivity index (χ3n) is 9.78. The second-order valence-corrected chi connectivity index (χ2v) is 16.5. The van der Waals surface area contributed by atoms with Crippen LogP contribution < -0.4 is 0 Å². The summed E-state index contributed by atoms with van der Waals surface area (Å²) in [6, 6.07) is 6.45. The molecule has 0 unspecified atom stereocenters. The zero-order chi connectivity index (χ0) is 34.5. The predicted molar refractivity (Wildman–Crippen MR) is 201 cm³/mol. The van der Waals surface area contributed by atoms with E-state index in [2.05, 4.69) is 87.4 Å². The van der Waals surface area contributed by atoms with Crippen molar-refractivity contribution in [3.8, 4) is 0 Å². The molecule has 1 aromatic carbocycles. The number of hydrogen-bond acceptors (Lipinski definition) is 3. The number of rotatable bonds is 28. The fraction of sp³-hybridized carbons (Fsp3) is 0.837. The summed E-state index contributed by atoms with van der Waals surface area (Å²) in [6.45, 7) is 21.9. The summed E-state index contributed by atoms with van der Waals surface area (Å²) in [5, 5.41) is 0. The monoisotopic (exact) mass is 643 g/mol. The topological polar surface area (TPSA) is 35.5 Å². The first-order chi connectivity index (χ1) is 21.8. The quantitative estimate of drug-likeness (QED) is 0.0395. The van der Waals surface area contributed by atoms with Gasteiger partial charge in [-0.3, -0.25) is 4.79 Å². The van der Waals surface area contributed by atoms with Gasteiger partial charge in [-0.25, -0.2) is 9.78 Å². The van der Waals surface area contributed by atoms with Crippen LogP contribution in [-0.4, -0.2) is 11.4 Å². The first kappa shape index (κ1) is 42.8. The number of Topliss-reactive ketones (excluding diaryl/α,β-unsaturated/α-hetero) is 1. The van der Waals surface area contributed by atoms with Gasteiger partial charge in [-0.1, -0.05) is 177 Å². The molecule has 3 nitrogen and oxygen atoms in total. The summed E-state index contributed by atoms with van der Waals surface area (Å²) in [7, 11) is 0. The smallest absolute Gasteiger partial charge is 0.163 e. The third-order valence-corrected chi connectivity index (χ3v) is 9.78. The minimum Gasteiger partial charge on any atom is -0.294 e. The van der Waals surface area contributed by atoms with Crippen molar-refractivity contribution in [2.24, 2.45) is 5.41 Å². The molecule has 1 aromatic rings. The number of carbonyl (C=O) groups is 1. The summed E-state index contributed by atoms with van der Waals surface area (Å²) in [5.41, 5.74) is 2.23. The van der Waals surface area contributed by atoms with Crippen LogP contribution in [0, 0.1) is 5.41 Å². The zero-order valence-electron chi connectivity index (χ0n) is 32.6. The van der Waals surface area contributed by atoms with Crippen molar-refractivity contribution in [2.75, 3.05) is 0 Å². The van der Waals surface area contributed by atoms with Gasteiger partial charge in [0.05, 0.1) is 5.60 Å². The van der Waals surface area contributed by atoms with E-state index < -0.39 is 11.2 Å². The van der Waals surface area contributed by atoms with Gasteiger partial charge < -0.3 is 0 Å². The summed E-state index contributed by atoms with van der Waals surface area (Å²) in [6.07, 6.45) is 27.5. The Morgan fingerprint density at radius 1 is 0.630 bits per heavy atom. The van der Waals surface area contributed by atoms with E-state index >= 15 is 0 Å². The van der Waals surface area contributed by atoms with E-state index in [-0.39, 0.29) is 11.2 Å². The van der Waals surface area contributed by atoms with E-state index in [0.717, 1.165) is 48.8 Å². The first-order valence-electron chi connectivity index (χ1n) is 19.8. The predicted octanol–water partition coefficient (Wildman–Crippen LogP) is 14.6. The van der Waals surface area contributed by atoms with Crippen molar-refractivity contribution in [3.05, 3.63) is 34.9 Å². The number of ketones is 1. The largest absolute Gasteiger partial charge is 0.294 e. The van der Waals surface area contributed by atoms with Crippen molar-refractivity contribution >= 4 is 5.78 Å². The average Bonchev–Trinajstić information content (AvgIpc) is 2.99. The highest BCUT2D eigenvalue weighted by molar-refractivity contribution is 5.97. The molecule has 0 aromatic heterocycles. The standard InChI is InChI=1S/C43H78O3/c1-11-14-15-16-17-18-19-20-21-22-23-24-25-26-27-28-29-30-31-40(44)39-34-37(32-33-38(39)36(4)5)43(12-2,13-3)46-45-42(9,10)35-41(6,7)8/h32-34,36H,11-31,35H2,1-10H3. The van der Waals surface area contributed by atoms with Gasteiger partial charge in [-0.2, -0.15) is 0 Å². The maximum atomic E-state index is 13.6. The van der Waals surface area contributed by atoms with Gasteiger partial charge in [-0.05, 0) is 68.1 Å². The van der Waals surface area contributed by atoms with E-state index in [1.807, 2.05) is 0 Å². The highest BCUT2D eigenvalue weighted by Crippen LogP contribution is 2.39. The molecule has 0 fully saturated rings. The number of hydrogen-bond donors (Lipinski definition) is 0. The van der Waals surface area contributed by atoms with E-state index in [0.29, 0.717) is 12.3 Å². The minimum absolute atomic E-state index is 0.138. The molecular weight excluding hydrogens is 564 g/mol. The molecule has 0 saturated heterocycles. The van der Waals surface area contributed by atoms with Gasteiger partial charge in [0.25, 0.3) is 0 Å². The lowest BCUT2D eigenvalue weighted by atomic mass is 9.83. The Morgan fingerprint density at radius 3 is 1.46 bits per heavy atom. The molecule has 0 radical (unpaired) electrons. The molecule has 46 heavy (non-hydrogen) atoms. The Labute approximate surface area is 287 Å². The molecule has 0 bridgehead atoms. The Balaban J connectivity index is 2.48. The van der Waals surface area contributed by atoms with Crippen LogP contribution in [-0.2, 0) is 15.4 Å². The molecule has 0 spiro atoms. The van der Waals surface area contributed by atoms with Crippen LogP contribution in [0.2, 0.25) is 0 Å². The maximum Gasteiger partial charge on any atom is 0.163 e. The zero-order valence-corrected chi connectivity index (χ0v) is 32.6. The molecular formula is C43H78O3. The van der Waals surface area contributed by atoms with E-state index in [4.69, 9.17) is 9.78 Å². The van der Waals surface area contributed by atoms with Gasteiger partial charge in [-0.15, -0.1) is 0 Å². The molecule has 0 saturated carbocycles. The van der Waals surface area contributed by atoms with Crippen LogP contribution in [0.15, 0.2) is 18.2 Å². The number of carbonyl (C=O) groups excluding carboxylic acids is 1. The van der Waals surface area contributed by atoms with E-state index in [9.17, 15) is 4.79 Å². The third kappa shape index (κ3) is 17.8. The Morgan fingerprint density at radius 2 is 1.07 bits per heavy atom. The summed E-state index contributed by atoms with van der Waals surface area (Å²) < 4.78 is 0. The molecule has 268 valence electrons. The minimum atomic E-state index is -0.576. The number of unbranched alkanes of at least 4 members (excludes halogenated alkanes) is 17. The lowest BCUT2D eigenvalue weighted by Gasteiger charge is -2.37. The van der Waals surface area contributed by atoms with Crippen LogP contribution in [0.5, 0.6) is 0 Å². The van der Waals surface area contributed by atoms with Gasteiger partial charge in [0.2, 0.25) is 0 Å². The second kappa shape index (κ2) is 23.2. The molecule has 0 heterocycles. The molecule has 0 N–H and O–H groups in total. The fourth-order valence-electron chi connectivity index (χ4n) is 7.23.